The van der Waals surface area contributed by atoms with E-state index in [0.29, 0.717) is 24.9 Å². The van der Waals surface area contributed by atoms with E-state index >= 15 is 0 Å². The van der Waals surface area contributed by atoms with Crippen molar-refractivity contribution in [2.75, 3.05) is 6.61 Å². The van der Waals surface area contributed by atoms with Crippen LogP contribution in [-0.4, -0.2) is 24.5 Å². The minimum atomic E-state index is -0.151. The number of hydrogen-bond acceptors (Lipinski definition) is 3. The smallest absolute Gasteiger partial charge is 0.230 e. The number of carbonyl (C=O) groups excluding carboxylic acids is 2. The molecule has 1 saturated carbocycles. The van der Waals surface area contributed by atoms with Crippen LogP contribution in [0.4, 0.5) is 0 Å². The number of nitrogens with one attached hydrogen (secondary N) is 1. The maximum Gasteiger partial charge on any atom is 0.230 e. The van der Waals surface area contributed by atoms with Gasteiger partial charge in [0.25, 0.3) is 0 Å². The van der Waals surface area contributed by atoms with E-state index in [0.717, 1.165) is 25.7 Å². The molecule has 3 rings (SSSR count). The first-order valence-electron chi connectivity index (χ1n) is 8.47. The van der Waals surface area contributed by atoms with Gasteiger partial charge in [-0.25, -0.2) is 0 Å². The van der Waals surface area contributed by atoms with E-state index in [9.17, 15) is 9.59 Å². The molecule has 1 aliphatic carbocycles. The van der Waals surface area contributed by atoms with E-state index in [4.69, 9.17) is 4.74 Å². The Morgan fingerprint density at radius 2 is 1.95 bits per heavy atom. The van der Waals surface area contributed by atoms with Gasteiger partial charge in [-0.15, -0.1) is 0 Å². The summed E-state index contributed by atoms with van der Waals surface area (Å²) in [7, 11) is 0. The third-order valence-corrected chi connectivity index (χ3v) is 5.87. The molecule has 2 heterocycles. The molecule has 2 saturated heterocycles. The quantitative estimate of drug-likeness (QED) is 0.796. The van der Waals surface area contributed by atoms with Crippen LogP contribution in [0.1, 0.15) is 58.8 Å². The van der Waals surface area contributed by atoms with E-state index in [2.05, 4.69) is 19.2 Å². The van der Waals surface area contributed by atoms with Crippen LogP contribution in [0, 0.1) is 23.2 Å². The average Bonchev–Trinajstić information content (AvgIpc) is 2.91. The fourth-order valence-electron chi connectivity index (χ4n) is 4.82. The van der Waals surface area contributed by atoms with Crippen molar-refractivity contribution in [1.82, 2.24) is 5.32 Å². The molecule has 0 bridgehead atoms. The van der Waals surface area contributed by atoms with Crippen LogP contribution in [-0.2, 0) is 14.3 Å². The Hall–Kier alpha value is -0.900. The second kappa shape index (κ2) is 5.71. The lowest BCUT2D eigenvalue weighted by Crippen LogP contribution is -2.57. The van der Waals surface area contributed by atoms with Crippen molar-refractivity contribution >= 4 is 11.8 Å². The molecule has 0 radical (unpaired) electrons. The molecule has 0 aromatic heterocycles. The molecule has 3 aliphatic rings. The first-order valence-corrected chi connectivity index (χ1v) is 8.47. The third-order valence-electron chi connectivity index (χ3n) is 5.87. The Morgan fingerprint density at radius 3 is 2.62 bits per heavy atom. The lowest BCUT2D eigenvalue weighted by atomic mass is 9.59. The Balaban J connectivity index is 1.89. The molecular formula is C17H27NO3. The summed E-state index contributed by atoms with van der Waals surface area (Å²) in [5, 5.41) is 2.60. The van der Waals surface area contributed by atoms with E-state index in [1.165, 1.54) is 12.8 Å². The van der Waals surface area contributed by atoms with Gasteiger partial charge in [-0.2, -0.15) is 0 Å². The fraction of sp³-hybridized carbons (Fsp3) is 0.882. The summed E-state index contributed by atoms with van der Waals surface area (Å²) in [6.45, 7) is 5.02. The van der Waals surface area contributed by atoms with Gasteiger partial charge in [-0.3, -0.25) is 14.9 Å². The van der Waals surface area contributed by atoms with Gasteiger partial charge in [0.1, 0.15) is 0 Å². The van der Waals surface area contributed by atoms with Crippen LogP contribution >= 0.6 is 0 Å². The van der Waals surface area contributed by atoms with Gasteiger partial charge >= 0.3 is 0 Å². The minimum Gasteiger partial charge on any atom is -0.378 e. The van der Waals surface area contributed by atoms with Crippen molar-refractivity contribution in [3.63, 3.8) is 0 Å². The molecule has 0 aromatic rings. The van der Waals surface area contributed by atoms with Crippen molar-refractivity contribution in [1.29, 1.82) is 0 Å². The Morgan fingerprint density at radius 1 is 1.24 bits per heavy atom. The summed E-state index contributed by atoms with van der Waals surface area (Å²) in [6, 6.07) is 0. The fourth-order valence-corrected chi connectivity index (χ4v) is 4.82. The van der Waals surface area contributed by atoms with E-state index in [1.54, 1.807) is 0 Å². The second-order valence-electron chi connectivity index (χ2n) is 7.58. The van der Waals surface area contributed by atoms with Crippen LogP contribution in [0.3, 0.4) is 0 Å². The predicted molar refractivity (Wildman–Crippen MR) is 79.5 cm³/mol. The van der Waals surface area contributed by atoms with Gasteiger partial charge in [-0.05, 0) is 42.9 Å². The Bertz CT molecular complexity index is 428. The number of imide groups is 1. The highest BCUT2D eigenvalue weighted by molar-refractivity contribution is 5.99. The van der Waals surface area contributed by atoms with Crippen LogP contribution in [0.15, 0.2) is 0 Å². The number of ether oxygens (including phenoxy) is 1. The average molecular weight is 293 g/mol. The summed E-state index contributed by atoms with van der Waals surface area (Å²) in [5.41, 5.74) is -0.151. The number of rotatable bonds is 2. The van der Waals surface area contributed by atoms with E-state index in [-0.39, 0.29) is 29.3 Å². The normalized spacial score (nSPS) is 38.2. The zero-order valence-corrected chi connectivity index (χ0v) is 13.2. The highest BCUT2D eigenvalue weighted by Gasteiger charge is 2.54. The maximum absolute atomic E-state index is 12.6. The molecular weight excluding hydrogens is 266 g/mol. The van der Waals surface area contributed by atoms with Crippen LogP contribution in [0.25, 0.3) is 0 Å². The number of piperidine rings is 1. The molecule has 2 amide bonds. The SMILES string of the molecule is CC(C)C1CC2(CCO1)CC(=O)NC(=O)C2C1CCCC1. The predicted octanol–water partition coefficient (Wildman–Crippen LogP) is 2.66. The molecule has 3 fully saturated rings. The van der Waals surface area contributed by atoms with E-state index < -0.39 is 0 Å². The van der Waals surface area contributed by atoms with Gasteiger partial charge < -0.3 is 4.74 Å². The molecule has 3 atom stereocenters. The zero-order valence-electron chi connectivity index (χ0n) is 13.2. The van der Waals surface area contributed by atoms with Gasteiger partial charge in [0.15, 0.2) is 0 Å². The molecule has 3 unspecified atom stereocenters. The summed E-state index contributed by atoms with van der Waals surface area (Å²) < 4.78 is 5.91. The summed E-state index contributed by atoms with van der Waals surface area (Å²) in [4.78, 5) is 24.6. The molecule has 1 N–H and O–H groups in total. The Labute approximate surface area is 127 Å². The second-order valence-corrected chi connectivity index (χ2v) is 7.58. The molecule has 1 spiro atoms. The molecule has 21 heavy (non-hydrogen) atoms. The standard InChI is InChI=1S/C17H27NO3/c1-11(2)13-9-17(7-8-21-13)10-14(19)18-16(20)15(17)12-5-3-4-6-12/h11-13,15H,3-10H2,1-2H3,(H,18,19,20). The van der Waals surface area contributed by atoms with Crippen molar-refractivity contribution in [2.24, 2.45) is 23.2 Å². The van der Waals surface area contributed by atoms with Crippen molar-refractivity contribution < 1.29 is 14.3 Å². The Kier molecular flexibility index (Phi) is 4.08. The number of carbonyl (C=O) groups is 2. The van der Waals surface area contributed by atoms with Crippen molar-refractivity contribution in [2.45, 2.75) is 64.9 Å². The maximum atomic E-state index is 12.6. The van der Waals surface area contributed by atoms with Gasteiger partial charge in [0.05, 0.1) is 6.10 Å². The first-order chi connectivity index (χ1) is 10.0. The molecule has 118 valence electrons. The highest BCUT2D eigenvalue weighted by atomic mass is 16.5. The monoisotopic (exact) mass is 293 g/mol. The van der Waals surface area contributed by atoms with Crippen LogP contribution in [0.5, 0.6) is 0 Å². The summed E-state index contributed by atoms with van der Waals surface area (Å²) in [5.74, 6) is 0.819. The van der Waals surface area contributed by atoms with Crippen LogP contribution in [0.2, 0.25) is 0 Å². The lowest BCUT2D eigenvalue weighted by Gasteiger charge is -2.50. The van der Waals surface area contributed by atoms with Crippen molar-refractivity contribution in [3.05, 3.63) is 0 Å². The highest BCUT2D eigenvalue weighted by Crippen LogP contribution is 2.52. The third kappa shape index (κ3) is 2.75. The van der Waals surface area contributed by atoms with Gasteiger partial charge in [0.2, 0.25) is 11.8 Å². The first kappa shape index (κ1) is 15.0. The largest absolute Gasteiger partial charge is 0.378 e. The van der Waals surface area contributed by atoms with E-state index in [1.807, 2.05) is 0 Å². The molecule has 4 nitrogen and oxygen atoms in total. The van der Waals surface area contributed by atoms with Gasteiger partial charge in [0, 0.05) is 18.9 Å². The minimum absolute atomic E-state index is 0.0115. The molecule has 2 aliphatic heterocycles. The molecule has 0 aromatic carbocycles. The number of amides is 2. The topological polar surface area (TPSA) is 55.4 Å². The summed E-state index contributed by atoms with van der Waals surface area (Å²) >= 11 is 0. The van der Waals surface area contributed by atoms with Crippen molar-refractivity contribution in [3.8, 4) is 0 Å². The van der Waals surface area contributed by atoms with Crippen LogP contribution < -0.4 is 5.32 Å². The van der Waals surface area contributed by atoms with Gasteiger partial charge in [-0.1, -0.05) is 26.7 Å². The lowest BCUT2D eigenvalue weighted by molar-refractivity contribution is -0.158. The number of hydrogen-bond donors (Lipinski definition) is 1. The zero-order chi connectivity index (χ0) is 15.0. The summed E-state index contributed by atoms with van der Waals surface area (Å²) in [6.07, 6.45) is 7.14. The molecule has 4 heteroatoms.